The number of benzene rings is 1. The highest BCUT2D eigenvalue weighted by Gasteiger charge is 2.07. The molecule has 166 valence electrons. The second-order valence-corrected chi connectivity index (χ2v) is 7.04. The first-order valence-corrected chi connectivity index (χ1v) is 10.2. The highest BCUT2D eigenvalue weighted by atomic mass is 16.5. The van der Waals surface area contributed by atoms with E-state index in [1.807, 2.05) is 24.3 Å². The second-order valence-electron chi connectivity index (χ2n) is 7.04. The van der Waals surface area contributed by atoms with Gasteiger partial charge < -0.3 is 25.2 Å². The summed E-state index contributed by atoms with van der Waals surface area (Å²) in [5, 5.41) is 16.2. The van der Waals surface area contributed by atoms with Crippen molar-refractivity contribution in [3.8, 4) is 11.5 Å². The number of anilines is 1. The molecule has 0 saturated carbocycles. The SMILES string of the molecule is CCCCOc1ccc(OCC(O)CNCCNc2cc(=O)n(C)c(=O)n2C)cc1. The Morgan fingerprint density at radius 3 is 2.37 bits per heavy atom. The maximum atomic E-state index is 11.9. The lowest BCUT2D eigenvalue weighted by atomic mass is 10.3. The molecule has 9 heteroatoms. The van der Waals surface area contributed by atoms with Crippen molar-refractivity contribution >= 4 is 5.82 Å². The fraction of sp³-hybridized carbons (Fsp3) is 0.524. The average molecular weight is 421 g/mol. The fourth-order valence-corrected chi connectivity index (χ4v) is 2.67. The number of ether oxygens (including phenoxy) is 2. The van der Waals surface area contributed by atoms with Crippen LogP contribution in [0.4, 0.5) is 5.82 Å². The number of nitrogens with one attached hydrogen (secondary N) is 2. The molecule has 0 aliphatic heterocycles. The van der Waals surface area contributed by atoms with Crippen LogP contribution in [0.5, 0.6) is 11.5 Å². The topological polar surface area (TPSA) is 107 Å². The van der Waals surface area contributed by atoms with Gasteiger partial charge in [0.15, 0.2) is 0 Å². The maximum absolute atomic E-state index is 11.9. The van der Waals surface area contributed by atoms with E-state index in [4.69, 9.17) is 9.47 Å². The lowest BCUT2D eigenvalue weighted by molar-refractivity contribution is 0.107. The Labute approximate surface area is 176 Å². The van der Waals surface area contributed by atoms with Gasteiger partial charge in [0.05, 0.1) is 6.61 Å². The highest BCUT2D eigenvalue weighted by molar-refractivity contribution is 5.33. The third-order valence-corrected chi connectivity index (χ3v) is 4.55. The van der Waals surface area contributed by atoms with Gasteiger partial charge in [0, 0.05) is 39.8 Å². The van der Waals surface area contributed by atoms with Gasteiger partial charge in [-0.15, -0.1) is 0 Å². The molecule has 0 bridgehead atoms. The molecule has 0 radical (unpaired) electrons. The molecule has 0 amide bonds. The van der Waals surface area contributed by atoms with Crippen LogP contribution in [-0.2, 0) is 14.1 Å². The number of aliphatic hydroxyl groups is 1. The van der Waals surface area contributed by atoms with Crippen molar-refractivity contribution in [2.45, 2.75) is 25.9 Å². The summed E-state index contributed by atoms with van der Waals surface area (Å²) in [4.78, 5) is 23.6. The molecular weight excluding hydrogens is 388 g/mol. The molecule has 0 aliphatic rings. The number of aliphatic hydroxyl groups excluding tert-OH is 1. The first-order chi connectivity index (χ1) is 14.4. The summed E-state index contributed by atoms with van der Waals surface area (Å²) >= 11 is 0. The van der Waals surface area contributed by atoms with Crippen molar-refractivity contribution in [2.75, 3.05) is 38.2 Å². The fourth-order valence-electron chi connectivity index (χ4n) is 2.67. The quantitative estimate of drug-likeness (QED) is 0.410. The standard InChI is InChI=1S/C21H32N4O5/c1-4-5-12-29-17-6-8-18(9-7-17)30-15-16(26)14-22-10-11-23-19-13-20(27)25(3)21(28)24(19)2/h6-9,13,16,22-23,26H,4-5,10-12,14-15H2,1-3H3. The largest absolute Gasteiger partial charge is 0.494 e. The molecule has 2 aromatic rings. The summed E-state index contributed by atoms with van der Waals surface area (Å²) in [6.45, 7) is 4.38. The lowest BCUT2D eigenvalue weighted by Gasteiger charge is -2.15. The molecule has 1 heterocycles. The van der Waals surface area contributed by atoms with Gasteiger partial charge in [-0.05, 0) is 30.7 Å². The zero-order chi connectivity index (χ0) is 21.9. The van der Waals surface area contributed by atoms with E-state index in [9.17, 15) is 14.7 Å². The minimum atomic E-state index is -0.668. The van der Waals surface area contributed by atoms with Crippen molar-refractivity contribution < 1.29 is 14.6 Å². The summed E-state index contributed by atoms with van der Waals surface area (Å²) in [7, 11) is 3.04. The smallest absolute Gasteiger partial charge is 0.332 e. The molecule has 1 unspecified atom stereocenters. The van der Waals surface area contributed by atoms with Gasteiger partial charge in [0.1, 0.15) is 30.0 Å². The van der Waals surface area contributed by atoms with Crippen molar-refractivity contribution in [1.29, 1.82) is 0 Å². The number of hydrogen-bond donors (Lipinski definition) is 3. The molecule has 0 saturated heterocycles. The first kappa shape index (κ1) is 23.5. The third-order valence-electron chi connectivity index (χ3n) is 4.55. The summed E-state index contributed by atoms with van der Waals surface area (Å²) in [6, 6.07) is 8.72. The molecule has 3 N–H and O–H groups in total. The molecule has 9 nitrogen and oxygen atoms in total. The van der Waals surface area contributed by atoms with Crippen molar-refractivity contribution in [3.05, 3.63) is 51.2 Å². The Balaban J connectivity index is 1.64. The molecule has 0 aliphatic carbocycles. The summed E-state index contributed by atoms with van der Waals surface area (Å²) in [5.74, 6) is 1.93. The number of rotatable bonds is 13. The van der Waals surface area contributed by atoms with Crippen LogP contribution < -0.4 is 31.4 Å². The average Bonchev–Trinajstić information content (AvgIpc) is 2.75. The van der Waals surface area contributed by atoms with Gasteiger partial charge >= 0.3 is 5.69 Å². The summed E-state index contributed by atoms with van der Waals surface area (Å²) < 4.78 is 13.6. The van der Waals surface area contributed by atoms with Crippen LogP contribution >= 0.6 is 0 Å². The van der Waals surface area contributed by atoms with Gasteiger partial charge in [-0.3, -0.25) is 13.9 Å². The van der Waals surface area contributed by atoms with Crippen LogP contribution in [-0.4, -0.2) is 53.2 Å². The molecule has 1 aromatic heterocycles. The van der Waals surface area contributed by atoms with E-state index >= 15 is 0 Å². The third kappa shape index (κ3) is 7.23. The molecule has 0 fully saturated rings. The second kappa shape index (κ2) is 12.0. The van der Waals surface area contributed by atoms with Gasteiger partial charge in [0.25, 0.3) is 5.56 Å². The molecule has 0 spiro atoms. The van der Waals surface area contributed by atoms with Crippen molar-refractivity contribution in [2.24, 2.45) is 14.1 Å². The Morgan fingerprint density at radius 2 is 1.70 bits per heavy atom. The highest BCUT2D eigenvalue weighted by Crippen LogP contribution is 2.18. The van der Waals surface area contributed by atoms with E-state index in [1.165, 1.54) is 17.7 Å². The van der Waals surface area contributed by atoms with Crippen LogP contribution in [0, 0.1) is 0 Å². The van der Waals surface area contributed by atoms with E-state index in [1.54, 1.807) is 7.05 Å². The number of unbranched alkanes of at least 4 members (excludes halogenated alkanes) is 1. The predicted molar refractivity (Wildman–Crippen MR) is 117 cm³/mol. The van der Waals surface area contributed by atoms with E-state index in [-0.39, 0.29) is 17.9 Å². The van der Waals surface area contributed by atoms with Gasteiger partial charge in [-0.1, -0.05) is 13.3 Å². The minimum absolute atomic E-state index is 0.166. The summed E-state index contributed by atoms with van der Waals surface area (Å²) in [5.41, 5.74) is -0.743. The van der Waals surface area contributed by atoms with Crippen LogP contribution in [0.25, 0.3) is 0 Å². The van der Waals surface area contributed by atoms with Crippen LogP contribution in [0.3, 0.4) is 0 Å². The van der Waals surface area contributed by atoms with Gasteiger partial charge in [-0.25, -0.2) is 4.79 Å². The number of aromatic nitrogens is 2. The monoisotopic (exact) mass is 420 g/mol. The van der Waals surface area contributed by atoms with E-state index in [0.717, 1.165) is 23.2 Å². The first-order valence-electron chi connectivity index (χ1n) is 10.2. The zero-order valence-electron chi connectivity index (χ0n) is 17.9. The van der Waals surface area contributed by atoms with Crippen molar-refractivity contribution in [1.82, 2.24) is 14.5 Å². The van der Waals surface area contributed by atoms with Crippen molar-refractivity contribution in [3.63, 3.8) is 0 Å². The minimum Gasteiger partial charge on any atom is -0.494 e. The van der Waals surface area contributed by atoms with E-state index in [2.05, 4.69) is 17.6 Å². The predicted octanol–water partition coefficient (Wildman–Crippen LogP) is 0.704. The molecule has 1 aromatic carbocycles. The molecule has 30 heavy (non-hydrogen) atoms. The normalized spacial score (nSPS) is 11.9. The van der Waals surface area contributed by atoms with E-state index < -0.39 is 6.10 Å². The Hall–Kier alpha value is -2.78. The van der Waals surface area contributed by atoms with E-state index in [0.29, 0.717) is 37.8 Å². The Kier molecular flexibility index (Phi) is 9.43. The number of nitrogens with zero attached hydrogens (tertiary/aromatic N) is 2. The lowest BCUT2D eigenvalue weighted by Crippen LogP contribution is -2.38. The van der Waals surface area contributed by atoms with Crippen LogP contribution in [0.15, 0.2) is 39.9 Å². The number of hydrogen-bond acceptors (Lipinski definition) is 7. The molecular formula is C21H32N4O5. The summed E-state index contributed by atoms with van der Waals surface area (Å²) in [6.07, 6.45) is 1.45. The Morgan fingerprint density at radius 1 is 1.03 bits per heavy atom. The Bertz CT molecular complexity index is 892. The van der Waals surface area contributed by atoms with Crippen LogP contribution in [0.2, 0.25) is 0 Å². The van der Waals surface area contributed by atoms with Gasteiger partial charge in [0.2, 0.25) is 0 Å². The zero-order valence-corrected chi connectivity index (χ0v) is 17.9. The van der Waals surface area contributed by atoms with Crippen LogP contribution in [0.1, 0.15) is 19.8 Å². The molecule has 1 atom stereocenters. The van der Waals surface area contributed by atoms with Gasteiger partial charge in [-0.2, -0.15) is 0 Å². The molecule has 2 rings (SSSR count). The maximum Gasteiger partial charge on any atom is 0.332 e.